The van der Waals surface area contributed by atoms with Crippen molar-refractivity contribution in [2.75, 3.05) is 92.9 Å². The normalized spacial score (nSPS) is 14.9. The number of carbonyl (C=O) groups is 4. The van der Waals surface area contributed by atoms with Crippen molar-refractivity contribution in [3.8, 4) is 11.5 Å². The van der Waals surface area contributed by atoms with Crippen LogP contribution in [0.15, 0.2) is 109 Å². The Kier molecular flexibility index (Phi) is 25.2. The maximum atomic E-state index is 13.8. The number of ketones is 1. The summed E-state index contributed by atoms with van der Waals surface area (Å²) in [5.74, 6) is 0.309. The summed E-state index contributed by atoms with van der Waals surface area (Å²) < 4.78 is 28.1. The second-order valence-electron chi connectivity index (χ2n) is 16.7. The van der Waals surface area contributed by atoms with Crippen molar-refractivity contribution in [2.45, 2.75) is 70.6 Å². The van der Waals surface area contributed by atoms with Gasteiger partial charge in [-0.25, -0.2) is 14.4 Å². The van der Waals surface area contributed by atoms with E-state index in [0.717, 1.165) is 127 Å². The van der Waals surface area contributed by atoms with Crippen LogP contribution in [0.5, 0.6) is 11.5 Å². The highest BCUT2D eigenvalue weighted by atomic mass is 16.5. The molecule has 0 spiro atoms. The number of piperazine rings is 2. The van der Waals surface area contributed by atoms with E-state index in [2.05, 4.69) is 43.6 Å². The number of benzene rings is 2. The fraction of sp³-hybridized carbons (Fsp3) is 0.472. The Balaban J connectivity index is 1.44. The summed E-state index contributed by atoms with van der Waals surface area (Å²) in [6.45, 7) is 19.0. The van der Waals surface area contributed by atoms with Gasteiger partial charge in [0.25, 0.3) is 0 Å². The highest BCUT2D eigenvalue weighted by Crippen LogP contribution is 2.26. The van der Waals surface area contributed by atoms with E-state index in [0.29, 0.717) is 61.2 Å². The second-order valence-corrected chi connectivity index (χ2v) is 16.7. The second kappa shape index (κ2) is 31.6. The van der Waals surface area contributed by atoms with Gasteiger partial charge in [0.2, 0.25) is 0 Å². The van der Waals surface area contributed by atoms with E-state index >= 15 is 0 Å². The molecule has 0 amide bonds. The van der Waals surface area contributed by atoms with Gasteiger partial charge in [-0.05, 0) is 126 Å². The first-order valence-electron chi connectivity index (χ1n) is 23.9. The maximum Gasteiger partial charge on any atom is 0.343 e. The number of ether oxygens (including phenoxy) is 5. The average molecular weight is 937 g/mol. The smallest absolute Gasteiger partial charge is 0.343 e. The molecular weight excluding hydrogens is 865 g/mol. The molecule has 2 aromatic carbocycles. The molecule has 68 heavy (non-hydrogen) atoms. The molecule has 0 aromatic heterocycles. The Labute approximate surface area is 403 Å². The number of nitrogens with zero attached hydrogens (tertiary/aromatic N) is 6. The first kappa shape index (κ1) is 54.3. The van der Waals surface area contributed by atoms with Crippen molar-refractivity contribution < 1.29 is 42.9 Å². The van der Waals surface area contributed by atoms with Crippen LogP contribution in [0.1, 0.15) is 91.3 Å². The minimum atomic E-state index is -0.530. The van der Waals surface area contributed by atoms with E-state index in [1.54, 1.807) is 54.9 Å². The van der Waals surface area contributed by atoms with Crippen LogP contribution in [0.2, 0.25) is 0 Å². The monoisotopic (exact) mass is 937 g/mol. The molecule has 2 aromatic rings. The van der Waals surface area contributed by atoms with Crippen LogP contribution < -0.4 is 9.47 Å². The molecule has 15 heteroatoms. The van der Waals surface area contributed by atoms with Gasteiger partial charge < -0.3 is 33.5 Å². The Morgan fingerprint density at radius 3 is 1.72 bits per heavy atom. The largest absolute Gasteiger partial charge is 0.494 e. The molecule has 2 aliphatic rings. The standard InChI is InChI=1S/C53H72N6O9/c1-6-18-48(64-35-13-9-11-15-37-66-51(61)7-2)20-17-19-47(60)24-21-44-39-46(42-55-59-33-29-57(5)30-34-59)50(40-45(44)41-54-58-31-27-56(4)28-32-58)68-53(63)43-22-25-49(26-23-43)65-36-14-10-12-16-38-67-52(62)8-3/h6-8,17-18,20,22-23,25-26,39-42H,1-3,9-16,19,21,24,27-38H2,4-5H3/b20-17-,48-18+,54-41+,55-42+. The van der Waals surface area contributed by atoms with E-state index in [4.69, 9.17) is 33.9 Å². The molecule has 0 atom stereocenters. The van der Waals surface area contributed by atoms with Crippen molar-refractivity contribution in [2.24, 2.45) is 10.2 Å². The number of hydrazone groups is 2. The van der Waals surface area contributed by atoms with Crippen molar-refractivity contribution >= 4 is 36.1 Å². The van der Waals surface area contributed by atoms with Gasteiger partial charge >= 0.3 is 17.9 Å². The summed E-state index contributed by atoms with van der Waals surface area (Å²) in [5.41, 5.74) is 2.60. The molecule has 368 valence electrons. The Hall–Kier alpha value is -6.32. The zero-order valence-electron chi connectivity index (χ0n) is 40.3. The molecule has 0 bridgehead atoms. The Morgan fingerprint density at radius 2 is 1.18 bits per heavy atom. The summed E-state index contributed by atoms with van der Waals surface area (Å²) >= 11 is 0. The van der Waals surface area contributed by atoms with Gasteiger partial charge in [-0.1, -0.05) is 31.9 Å². The summed E-state index contributed by atoms with van der Waals surface area (Å²) in [6.07, 6.45) is 20.8. The van der Waals surface area contributed by atoms with Gasteiger partial charge in [0.05, 0.1) is 44.4 Å². The summed E-state index contributed by atoms with van der Waals surface area (Å²) in [7, 11) is 4.18. The lowest BCUT2D eigenvalue weighted by Crippen LogP contribution is -2.41. The van der Waals surface area contributed by atoms with Crippen LogP contribution in [0.3, 0.4) is 0 Å². The zero-order valence-corrected chi connectivity index (χ0v) is 40.3. The molecule has 2 heterocycles. The molecule has 2 aliphatic heterocycles. The van der Waals surface area contributed by atoms with E-state index in [-0.39, 0.29) is 18.6 Å². The van der Waals surface area contributed by atoms with Gasteiger partial charge in [0.1, 0.15) is 23.0 Å². The fourth-order valence-electron chi connectivity index (χ4n) is 7.05. The van der Waals surface area contributed by atoms with Crippen LogP contribution in [0.25, 0.3) is 0 Å². The predicted molar refractivity (Wildman–Crippen MR) is 267 cm³/mol. The lowest BCUT2D eigenvalue weighted by atomic mass is 9.98. The van der Waals surface area contributed by atoms with E-state index in [1.807, 2.05) is 28.2 Å². The van der Waals surface area contributed by atoms with Gasteiger partial charge in [0.15, 0.2) is 0 Å². The van der Waals surface area contributed by atoms with Crippen LogP contribution in [-0.4, -0.2) is 149 Å². The van der Waals surface area contributed by atoms with Crippen molar-refractivity contribution in [3.63, 3.8) is 0 Å². The van der Waals surface area contributed by atoms with Crippen molar-refractivity contribution in [1.82, 2.24) is 19.8 Å². The quantitative estimate of drug-likeness (QED) is 0.0139. The molecule has 0 N–H and O–H groups in total. The highest BCUT2D eigenvalue weighted by molar-refractivity contribution is 5.95. The molecular formula is C53H72N6O9. The maximum absolute atomic E-state index is 13.8. The van der Waals surface area contributed by atoms with Crippen LogP contribution in [0, 0.1) is 0 Å². The number of esters is 3. The molecule has 2 saturated heterocycles. The number of hydrogen-bond acceptors (Lipinski definition) is 15. The first-order chi connectivity index (χ1) is 33.1. The fourth-order valence-corrected chi connectivity index (χ4v) is 7.05. The van der Waals surface area contributed by atoms with E-state index in [1.165, 1.54) is 0 Å². The Morgan fingerprint density at radius 1 is 0.647 bits per heavy atom. The van der Waals surface area contributed by atoms with Gasteiger partial charge in [-0.15, -0.1) is 0 Å². The number of hydrogen-bond donors (Lipinski definition) is 0. The minimum absolute atomic E-state index is 0.0534. The van der Waals surface area contributed by atoms with Crippen molar-refractivity contribution in [1.29, 1.82) is 0 Å². The number of likely N-dealkylation sites (N-methyl/N-ethyl adjacent to an activating group) is 2. The highest BCUT2D eigenvalue weighted by Gasteiger charge is 2.18. The average Bonchev–Trinajstić information content (AvgIpc) is 3.34. The van der Waals surface area contributed by atoms with Crippen LogP contribution in [0.4, 0.5) is 0 Å². The zero-order chi connectivity index (χ0) is 48.8. The number of allylic oxidation sites excluding steroid dienone is 4. The van der Waals surface area contributed by atoms with Gasteiger partial charge in [-0.2, -0.15) is 10.2 Å². The number of aryl methyl sites for hydroxylation is 1. The van der Waals surface area contributed by atoms with Crippen LogP contribution >= 0.6 is 0 Å². The van der Waals surface area contributed by atoms with Crippen molar-refractivity contribution in [3.05, 3.63) is 121 Å². The summed E-state index contributed by atoms with van der Waals surface area (Å²) in [5, 5.41) is 13.7. The number of rotatable bonds is 31. The van der Waals surface area contributed by atoms with E-state index < -0.39 is 17.9 Å². The SMILES string of the molecule is C=C/C=C(\C=C/CC(=O)CCc1cc(/C=N/N2CCN(C)CC2)c(OC(=O)c2ccc(OCCCCCCOC(=O)C=C)cc2)cc1/C=N/N1CCN(C)CC1)OCCCCCCOC(=O)C=C. The third-order valence-corrected chi connectivity index (χ3v) is 11.3. The van der Waals surface area contributed by atoms with Gasteiger partial charge in [-0.3, -0.25) is 14.8 Å². The number of unbranched alkanes of at least 4 members (excludes halogenated alkanes) is 6. The molecule has 0 unspecified atom stereocenters. The molecule has 15 nitrogen and oxygen atoms in total. The minimum Gasteiger partial charge on any atom is -0.494 e. The topological polar surface area (TPSA) is 152 Å². The molecule has 0 saturated carbocycles. The molecule has 2 fully saturated rings. The lowest BCUT2D eigenvalue weighted by molar-refractivity contribution is -0.138. The van der Waals surface area contributed by atoms with E-state index in [9.17, 15) is 19.2 Å². The molecule has 0 radical (unpaired) electrons. The Bertz CT molecular complexity index is 2050. The molecule has 4 rings (SSSR count). The number of carbonyl (C=O) groups excluding carboxylic acids is 4. The molecule has 0 aliphatic carbocycles. The third kappa shape index (κ3) is 21.5. The first-order valence-corrected chi connectivity index (χ1v) is 23.9. The van der Waals surface area contributed by atoms with Gasteiger partial charge in [0, 0.05) is 88.5 Å². The van der Waals surface area contributed by atoms with Crippen LogP contribution in [-0.2, 0) is 35.0 Å². The summed E-state index contributed by atoms with van der Waals surface area (Å²) in [4.78, 5) is 54.1. The number of Topliss-reactive ketones (excluding diaryl/α,β-unsaturated/α-hetero) is 1. The lowest BCUT2D eigenvalue weighted by Gasteiger charge is -2.30. The predicted octanol–water partition coefficient (Wildman–Crippen LogP) is 7.56. The summed E-state index contributed by atoms with van der Waals surface area (Å²) in [6, 6.07) is 10.7. The third-order valence-electron chi connectivity index (χ3n) is 11.3.